The Kier molecular flexibility index (Phi) is 4.61. The summed E-state index contributed by atoms with van der Waals surface area (Å²) in [4.78, 5) is 24.2. The zero-order chi connectivity index (χ0) is 15.7. The molecule has 21 heavy (non-hydrogen) atoms. The molecule has 0 aromatic carbocycles. The maximum absolute atomic E-state index is 12.7. The number of piperidine rings is 1. The average molecular weight is 296 g/mol. The van der Waals surface area contributed by atoms with Gasteiger partial charge in [-0.05, 0) is 51.6 Å². The van der Waals surface area contributed by atoms with Gasteiger partial charge in [0.2, 0.25) is 5.91 Å². The van der Waals surface area contributed by atoms with Crippen molar-refractivity contribution < 1.29 is 14.7 Å². The standard InChI is InChI=1S/C16H28N2O3/c1-15(2,11-6-5-9-17-10-11)13(19)18-12-7-4-8-16(12,3)14(20)21/h11-12,17H,4-10H2,1-3H3,(H,18,19)(H,20,21). The molecule has 0 radical (unpaired) electrons. The lowest BCUT2D eigenvalue weighted by Gasteiger charge is -2.38. The third-order valence-corrected chi connectivity index (χ3v) is 5.65. The second-order valence-electron chi connectivity index (χ2n) is 7.41. The van der Waals surface area contributed by atoms with Gasteiger partial charge >= 0.3 is 5.97 Å². The lowest BCUT2D eigenvalue weighted by molar-refractivity contribution is -0.149. The predicted molar refractivity (Wildman–Crippen MR) is 80.9 cm³/mol. The largest absolute Gasteiger partial charge is 0.481 e. The Hall–Kier alpha value is -1.10. The van der Waals surface area contributed by atoms with E-state index >= 15 is 0 Å². The highest BCUT2D eigenvalue weighted by molar-refractivity contribution is 5.84. The van der Waals surface area contributed by atoms with E-state index in [9.17, 15) is 14.7 Å². The van der Waals surface area contributed by atoms with Crippen molar-refractivity contribution in [3.63, 3.8) is 0 Å². The summed E-state index contributed by atoms with van der Waals surface area (Å²) in [6.07, 6.45) is 4.40. The van der Waals surface area contributed by atoms with Gasteiger partial charge in [0.25, 0.3) is 0 Å². The molecule has 1 amide bonds. The molecule has 0 bridgehead atoms. The second kappa shape index (κ2) is 5.95. The minimum atomic E-state index is -0.823. The summed E-state index contributed by atoms with van der Waals surface area (Å²) in [5.41, 5.74) is -1.29. The normalized spacial score (nSPS) is 33.7. The van der Waals surface area contributed by atoms with Crippen LogP contribution in [0, 0.1) is 16.7 Å². The Morgan fingerprint density at radius 1 is 1.29 bits per heavy atom. The van der Waals surface area contributed by atoms with Gasteiger partial charge in [-0.25, -0.2) is 0 Å². The highest BCUT2D eigenvalue weighted by Gasteiger charge is 2.48. The first-order valence-electron chi connectivity index (χ1n) is 8.03. The number of rotatable bonds is 4. The molecular weight excluding hydrogens is 268 g/mol. The highest BCUT2D eigenvalue weighted by Crippen LogP contribution is 2.39. The molecule has 1 saturated carbocycles. The summed E-state index contributed by atoms with van der Waals surface area (Å²) in [5.74, 6) is -0.498. The van der Waals surface area contributed by atoms with E-state index in [0.717, 1.165) is 38.8 Å². The Balaban J connectivity index is 2.04. The van der Waals surface area contributed by atoms with Crippen LogP contribution in [0.1, 0.15) is 52.9 Å². The first kappa shape index (κ1) is 16.3. The van der Waals surface area contributed by atoms with Crippen LogP contribution in [-0.4, -0.2) is 36.1 Å². The van der Waals surface area contributed by atoms with Gasteiger partial charge in [-0.1, -0.05) is 20.3 Å². The lowest BCUT2D eigenvalue weighted by atomic mass is 9.73. The molecule has 0 aromatic heterocycles. The van der Waals surface area contributed by atoms with Crippen molar-refractivity contribution in [3.05, 3.63) is 0 Å². The Bertz CT molecular complexity index is 416. The van der Waals surface area contributed by atoms with E-state index < -0.39 is 16.8 Å². The fraction of sp³-hybridized carbons (Fsp3) is 0.875. The monoisotopic (exact) mass is 296 g/mol. The van der Waals surface area contributed by atoms with Crippen LogP contribution in [-0.2, 0) is 9.59 Å². The summed E-state index contributed by atoms with van der Waals surface area (Å²) in [6.45, 7) is 7.59. The third-order valence-electron chi connectivity index (χ3n) is 5.65. The Morgan fingerprint density at radius 2 is 2.00 bits per heavy atom. The SMILES string of the molecule is CC(C)(C(=O)NC1CCCC1(C)C(=O)O)C1CCCNC1. The van der Waals surface area contributed by atoms with Gasteiger partial charge in [-0.3, -0.25) is 9.59 Å². The van der Waals surface area contributed by atoms with Crippen LogP contribution >= 0.6 is 0 Å². The highest BCUT2D eigenvalue weighted by atomic mass is 16.4. The number of hydrogen-bond donors (Lipinski definition) is 3. The molecule has 1 saturated heterocycles. The van der Waals surface area contributed by atoms with Crippen molar-refractivity contribution >= 4 is 11.9 Å². The van der Waals surface area contributed by atoms with Gasteiger partial charge in [-0.2, -0.15) is 0 Å². The molecule has 0 spiro atoms. The van der Waals surface area contributed by atoms with E-state index in [4.69, 9.17) is 0 Å². The maximum atomic E-state index is 12.7. The van der Waals surface area contributed by atoms with Crippen molar-refractivity contribution in [2.45, 2.75) is 58.9 Å². The Labute approximate surface area is 126 Å². The van der Waals surface area contributed by atoms with Gasteiger partial charge < -0.3 is 15.7 Å². The molecule has 2 rings (SSSR count). The predicted octanol–water partition coefficient (Wildman–Crippen LogP) is 1.77. The van der Waals surface area contributed by atoms with E-state index in [-0.39, 0.29) is 11.9 Å². The number of hydrogen-bond acceptors (Lipinski definition) is 3. The summed E-state index contributed by atoms with van der Waals surface area (Å²) >= 11 is 0. The van der Waals surface area contributed by atoms with E-state index in [1.54, 1.807) is 6.92 Å². The molecule has 5 nitrogen and oxygen atoms in total. The van der Waals surface area contributed by atoms with Crippen molar-refractivity contribution in [2.24, 2.45) is 16.7 Å². The van der Waals surface area contributed by atoms with E-state index in [0.29, 0.717) is 12.3 Å². The lowest BCUT2D eigenvalue weighted by Crippen LogP contribution is -2.53. The molecule has 1 aliphatic heterocycles. The number of carbonyl (C=O) groups excluding carboxylic acids is 1. The van der Waals surface area contributed by atoms with Gasteiger partial charge in [0.1, 0.15) is 0 Å². The molecule has 2 aliphatic rings. The minimum Gasteiger partial charge on any atom is -0.481 e. The number of carbonyl (C=O) groups is 2. The smallest absolute Gasteiger partial charge is 0.311 e. The van der Waals surface area contributed by atoms with E-state index in [2.05, 4.69) is 10.6 Å². The van der Waals surface area contributed by atoms with Crippen LogP contribution < -0.4 is 10.6 Å². The summed E-state index contributed by atoms with van der Waals surface area (Å²) in [6, 6.07) is -0.252. The first-order chi connectivity index (χ1) is 9.78. The van der Waals surface area contributed by atoms with Crippen molar-refractivity contribution in [1.82, 2.24) is 10.6 Å². The van der Waals surface area contributed by atoms with Gasteiger partial charge in [-0.15, -0.1) is 0 Å². The van der Waals surface area contributed by atoms with Crippen LogP contribution in [0.3, 0.4) is 0 Å². The maximum Gasteiger partial charge on any atom is 0.311 e. The van der Waals surface area contributed by atoms with Gasteiger partial charge in [0.05, 0.1) is 5.41 Å². The fourth-order valence-electron chi connectivity index (χ4n) is 3.65. The van der Waals surface area contributed by atoms with E-state index in [1.807, 2.05) is 13.8 Å². The zero-order valence-electron chi connectivity index (χ0n) is 13.4. The molecule has 3 atom stereocenters. The van der Waals surface area contributed by atoms with Gasteiger partial charge in [0.15, 0.2) is 0 Å². The zero-order valence-corrected chi connectivity index (χ0v) is 13.4. The average Bonchev–Trinajstić information content (AvgIpc) is 2.82. The van der Waals surface area contributed by atoms with Crippen molar-refractivity contribution in [2.75, 3.05) is 13.1 Å². The van der Waals surface area contributed by atoms with Crippen LogP contribution in [0.25, 0.3) is 0 Å². The molecule has 120 valence electrons. The van der Waals surface area contributed by atoms with Crippen LogP contribution in [0.4, 0.5) is 0 Å². The number of amides is 1. The number of aliphatic carboxylic acids is 1. The van der Waals surface area contributed by atoms with Crippen LogP contribution in [0.2, 0.25) is 0 Å². The molecule has 1 heterocycles. The first-order valence-corrected chi connectivity index (χ1v) is 8.03. The molecule has 3 unspecified atom stereocenters. The molecule has 0 aromatic rings. The fourth-order valence-corrected chi connectivity index (χ4v) is 3.65. The topological polar surface area (TPSA) is 78.4 Å². The molecule has 1 aliphatic carbocycles. The number of carboxylic acid groups (broad SMARTS) is 1. The quantitative estimate of drug-likeness (QED) is 0.739. The number of carboxylic acids is 1. The summed E-state index contributed by atoms with van der Waals surface area (Å²) in [5, 5.41) is 15.8. The molecule has 2 fully saturated rings. The summed E-state index contributed by atoms with van der Waals surface area (Å²) < 4.78 is 0. The van der Waals surface area contributed by atoms with Crippen molar-refractivity contribution in [1.29, 1.82) is 0 Å². The second-order valence-corrected chi connectivity index (χ2v) is 7.41. The third kappa shape index (κ3) is 3.07. The summed E-state index contributed by atoms with van der Waals surface area (Å²) in [7, 11) is 0. The van der Waals surface area contributed by atoms with E-state index in [1.165, 1.54) is 0 Å². The van der Waals surface area contributed by atoms with Crippen LogP contribution in [0.15, 0.2) is 0 Å². The van der Waals surface area contributed by atoms with Gasteiger partial charge in [0, 0.05) is 11.5 Å². The Morgan fingerprint density at radius 3 is 2.57 bits per heavy atom. The molecular formula is C16H28N2O3. The number of nitrogens with one attached hydrogen (secondary N) is 2. The van der Waals surface area contributed by atoms with Crippen molar-refractivity contribution in [3.8, 4) is 0 Å². The molecule has 3 N–H and O–H groups in total. The minimum absolute atomic E-state index is 0.00410. The molecule has 5 heteroatoms. The van der Waals surface area contributed by atoms with Crippen LogP contribution in [0.5, 0.6) is 0 Å².